The molecule has 1 aromatic carbocycles. The van der Waals surface area contributed by atoms with E-state index in [0.717, 1.165) is 0 Å². The first-order valence-electron chi connectivity index (χ1n) is 20.7. The molecule has 3 aliphatic carbocycles. The molecule has 2 saturated carbocycles. The molecule has 0 aromatic heterocycles. The van der Waals surface area contributed by atoms with Crippen LogP contribution in [-0.4, -0.2) is 107 Å². The normalized spacial score (nSPS) is 36.0. The molecule has 1 aromatic rings. The second kappa shape index (κ2) is 15.9. The summed E-state index contributed by atoms with van der Waals surface area (Å²) in [7, 11) is 0. The standard InChI is InChI=1S/C45H63NO13/c1-13-32-55-30-20-31-45(22-53-31,58-26(6)47)35-37(57-38(49)27-17-15-14-16-18-27)44(42(10,11)52)21-29(24(4)33(44)25(5)36(56-32)43(30,35)12)54-39(50)34(48)28(19-23(2)3)46-40(51)59-41(7,8)9/h13-18,23,25,28-32,34-37,48,52H,1,19-22H2,2-12H3,(H,46,51)/t25-,28-,29-,30-,31+,32?,34+,35-,36-,37-,43+,44-,45-/m0/s1. The van der Waals surface area contributed by atoms with E-state index in [1.54, 1.807) is 78.0 Å². The molecule has 0 spiro atoms. The van der Waals surface area contributed by atoms with Crippen molar-refractivity contribution in [1.82, 2.24) is 5.32 Å². The van der Waals surface area contributed by atoms with Gasteiger partial charge in [0.15, 0.2) is 18.0 Å². The smallest absolute Gasteiger partial charge is 0.407 e. The first-order valence-corrected chi connectivity index (χ1v) is 20.7. The van der Waals surface area contributed by atoms with Crippen molar-refractivity contribution in [2.45, 2.75) is 161 Å². The van der Waals surface area contributed by atoms with Crippen LogP contribution in [-0.2, 0) is 42.7 Å². The lowest BCUT2D eigenvalue weighted by Crippen LogP contribution is -2.80. The zero-order valence-corrected chi connectivity index (χ0v) is 36.2. The number of nitrogens with one attached hydrogen (secondary N) is 1. The molecule has 4 fully saturated rings. The van der Waals surface area contributed by atoms with E-state index in [9.17, 15) is 29.4 Å². The summed E-state index contributed by atoms with van der Waals surface area (Å²) in [5.74, 6) is -3.69. The Morgan fingerprint density at radius 2 is 1.71 bits per heavy atom. The van der Waals surface area contributed by atoms with Crippen molar-refractivity contribution < 1.29 is 62.5 Å². The first-order chi connectivity index (χ1) is 27.4. The van der Waals surface area contributed by atoms with Crippen LogP contribution >= 0.6 is 0 Å². The van der Waals surface area contributed by atoms with Gasteiger partial charge >= 0.3 is 24.0 Å². The minimum absolute atomic E-state index is 0.0118. The number of ether oxygens (including phenoxy) is 7. The summed E-state index contributed by atoms with van der Waals surface area (Å²) in [6, 6.07) is 7.43. The number of rotatable bonds is 11. The van der Waals surface area contributed by atoms with E-state index >= 15 is 0 Å². The van der Waals surface area contributed by atoms with Crippen LogP contribution in [0.2, 0.25) is 0 Å². The van der Waals surface area contributed by atoms with Crippen molar-refractivity contribution in [3.05, 3.63) is 59.7 Å². The lowest BCUT2D eigenvalue weighted by molar-refractivity contribution is -0.391. The van der Waals surface area contributed by atoms with E-state index in [0.29, 0.717) is 17.6 Å². The largest absolute Gasteiger partial charge is 0.457 e. The van der Waals surface area contributed by atoms with E-state index in [1.165, 1.54) is 6.92 Å². The summed E-state index contributed by atoms with van der Waals surface area (Å²) < 4.78 is 44.4. The predicted molar refractivity (Wildman–Crippen MR) is 214 cm³/mol. The highest BCUT2D eigenvalue weighted by molar-refractivity contribution is 5.89. The molecule has 0 bridgehead atoms. The first kappa shape index (κ1) is 44.7. The van der Waals surface area contributed by atoms with Gasteiger partial charge in [-0.15, -0.1) is 0 Å². The molecular formula is C45H63NO13. The number of carbonyl (C=O) groups excluding carboxylic acids is 4. The van der Waals surface area contributed by atoms with Gasteiger partial charge in [0, 0.05) is 31.1 Å². The second-order valence-corrected chi connectivity index (χ2v) is 19.3. The van der Waals surface area contributed by atoms with Gasteiger partial charge in [-0.3, -0.25) is 4.79 Å². The molecule has 14 heteroatoms. The summed E-state index contributed by atoms with van der Waals surface area (Å²) >= 11 is 0. The zero-order chi connectivity index (χ0) is 43.6. The molecule has 3 N–H and O–H groups in total. The fraction of sp³-hybridized carbons (Fsp3) is 0.689. The summed E-state index contributed by atoms with van der Waals surface area (Å²) in [5.41, 5.74) is -4.92. The van der Waals surface area contributed by atoms with Gasteiger partial charge in [-0.2, -0.15) is 0 Å². The fourth-order valence-corrected chi connectivity index (χ4v) is 11.1. The Labute approximate surface area is 347 Å². The Bertz CT molecular complexity index is 1830. The van der Waals surface area contributed by atoms with Gasteiger partial charge in [-0.25, -0.2) is 14.4 Å². The van der Waals surface area contributed by atoms with Crippen LogP contribution in [0, 0.1) is 28.6 Å². The molecule has 326 valence electrons. The lowest BCUT2D eigenvalue weighted by Gasteiger charge is -2.67. The number of benzene rings is 1. The van der Waals surface area contributed by atoms with Crippen LogP contribution in [0.15, 0.2) is 54.1 Å². The van der Waals surface area contributed by atoms with Crippen LogP contribution in [0.3, 0.4) is 0 Å². The van der Waals surface area contributed by atoms with Crippen LogP contribution < -0.4 is 5.32 Å². The molecule has 13 atom stereocenters. The zero-order valence-electron chi connectivity index (χ0n) is 36.2. The fourth-order valence-electron chi connectivity index (χ4n) is 11.1. The molecule has 2 aliphatic heterocycles. The number of esters is 3. The Balaban J connectivity index is 1.52. The molecule has 6 rings (SSSR count). The van der Waals surface area contributed by atoms with Gasteiger partial charge in [0.1, 0.15) is 23.9 Å². The van der Waals surface area contributed by atoms with Crippen molar-refractivity contribution in [3.8, 4) is 0 Å². The number of hydrogen-bond donors (Lipinski definition) is 3. The number of amides is 1. The average molecular weight is 826 g/mol. The SMILES string of the molecule is C=CC1O[C@H]2C[C@H]3OC[C@@]3(OC(C)=O)[C@H]3[C@H](OC(=O)c4ccccc4)[C@]4(C(C)(C)O)C[C@H](OC(=O)[C@H](O)[C@H](CC(C)C)NC(=O)OC(C)(C)C)C(C)=C4[C@H](C)[C@H](O1)[C@]23C. The second-order valence-electron chi connectivity index (χ2n) is 19.3. The number of hydrogen-bond acceptors (Lipinski definition) is 13. The van der Waals surface area contributed by atoms with Crippen LogP contribution in [0.4, 0.5) is 4.79 Å². The summed E-state index contributed by atoms with van der Waals surface area (Å²) in [6.07, 6.45) is -5.55. The predicted octanol–water partition coefficient (Wildman–Crippen LogP) is 5.57. The third-order valence-electron chi connectivity index (χ3n) is 13.3. The maximum Gasteiger partial charge on any atom is 0.407 e. The van der Waals surface area contributed by atoms with Crippen molar-refractivity contribution in [1.29, 1.82) is 0 Å². The highest BCUT2D eigenvalue weighted by Crippen LogP contribution is 2.70. The number of alkyl carbamates (subject to hydrolysis) is 1. The number of carbonyl (C=O) groups is 4. The van der Waals surface area contributed by atoms with Crippen molar-refractivity contribution >= 4 is 24.0 Å². The monoisotopic (exact) mass is 825 g/mol. The van der Waals surface area contributed by atoms with Crippen molar-refractivity contribution in [2.24, 2.45) is 28.6 Å². The minimum Gasteiger partial charge on any atom is -0.457 e. The number of aliphatic hydroxyl groups is 2. The number of aliphatic hydroxyl groups excluding tert-OH is 1. The van der Waals surface area contributed by atoms with Gasteiger partial charge in [0.25, 0.3) is 0 Å². The van der Waals surface area contributed by atoms with E-state index in [4.69, 9.17) is 33.2 Å². The van der Waals surface area contributed by atoms with Crippen LogP contribution in [0.5, 0.6) is 0 Å². The number of fused-ring (bicyclic) bond motifs is 3. The lowest BCUT2D eigenvalue weighted by atomic mass is 9.49. The van der Waals surface area contributed by atoms with E-state index in [2.05, 4.69) is 11.9 Å². The molecule has 2 heterocycles. The quantitative estimate of drug-likeness (QED) is 0.143. The van der Waals surface area contributed by atoms with Gasteiger partial charge in [0.2, 0.25) is 0 Å². The Hall–Kier alpha value is -3.82. The molecule has 5 aliphatic rings. The average Bonchev–Trinajstić information content (AvgIpc) is 3.39. The Morgan fingerprint density at radius 1 is 1.05 bits per heavy atom. The van der Waals surface area contributed by atoms with E-state index < -0.39 is 112 Å². The van der Waals surface area contributed by atoms with Crippen molar-refractivity contribution in [2.75, 3.05) is 6.61 Å². The van der Waals surface area contributed by atoms with E-state index in [1.807, 2.05) is 27.7 Å². The highest BCUT2D eigenvalue weighted by atomic mass is 16.7. The Morgan fingerprint density at radius 3 is 2.25 bits per heavy atom. The molecule has 1 amide bonds. The third-order valence-corrected chi connectivity index (χ3v) is 13.3. The summed E-state index contributed by atoms with van der Waals surface area (Å²) in [5, 5.41) is 27.0. The molecule has 14 nitrogen and oxygen atoms in total. The molecule has 2 saturated heterocycles. The van der Waals surface area contributed by atoms with Gasteiger partial charge in [-0.05, 0) is 83.2 Å². The van der Waals surface area contributed by atoms with Crippen LogP contribution in [0.1, 0.15) is 106 Å². The molecule has 0 radical (unpaired) electrons. The van der Waals surface area contributed by atoms with Gasteiger partial charge in [-0.1, -0.05) is 52.5 Å². The molecular weight excluding hydrogens is 762 g/mol. The molecule has 59 heavy (non-hydrogen) atoms. The van der Waals surface area contributed by atoms with E-state index in [-0.39, 0.29) is 30.9 Å². The maximum atomic E-state index is 14.5. The minimum atomic E-state index is -1.79. The summed E-state index contributed by atoms with van der Waals surface area (Å²) in [4.78, 5) is 54.6. The topological polar surface area (TPSA) is 185 Å². The van der Waals surface area contributed by atoms with Gasteiger partial charge in [0.05, 0.1) is 47.4 Å². The molecule has 1 unspecified atom stereocenters. The van der Waals surface area contributed by atoms with Gasteiger partial charge < -0.3 is 48.7 Å². The highest BCUT2D eigenvalue weighted by Gasteiger charge is 2.80. The maximum absolute atomic E-state index is 14.5. The van der Waals surface area contributed by atoms with Crippen molar-refractivity contribution in [3.63, 3.8) is 0 Å². The summed E-state index contributed by atoms with van der Waals surface area (Å²) in [6.45, 7) is 23.2. The Kier molecular flexibility index (Phi) is 12.1. The van der Waals surface area contributed by atoms with Crippen LogP contribution in [0.25, 0.3) is 0 Å². The third kappa shape index (κ3) is 7.73.